The number of fused-ring (bicyclic) bond motifs is 2. The summed E-state index contributed by atoms with van der Waals surface area (Å²) in [5.41, 5.74) is 2.49. The minimum Gasteiger partial charge on any atom is -0.381 e. The maximum Gasteiger partial charge on any atom is 0.228 e. The second-order valence-corrected chi connectivity index (χ2v) is 6.68. The van der Waals surface area contributed by atoms with Crippen LogP contribution < -0.4 is 0 Å². The van der Waals surface area contributed by atoms with Gasteiger partial charge in [-0.05, 0) is 36.8 Å². The first-order chi connectivity index (χ1) is 10.8. The molecule has 2 fully saturated rings. The maximum atomic E-state index is 12.6. The number of benzene rings is 1. The predicted molar refractivity (Wildman–Crippen MR) is 82.3 cm³/mol. The van der Waals surface area contributed by atoms with Gasteiger partial charge in [-0.3, -0.25) is 4.79 Å². The van der Waals surface area contributed by atoms with Crippen molar-refractivity contribution in [1.82, 2.24) is 4.90 Å². The van der Waals surface area contributed by atoms with Gasteiger partial charge in [-0.1, -0.05) is 24.3 Å². The van der Waals surface area contributed by atoms with Crippen molar-refractivity contribution in [2.75, 3.05) is 26.3 Å². The van der Waals surface area contributed by atoms with Gasteiger partial charge >= 0.3 is 0 Å². The van der Waals surface area contributed by atoms with Crippen molar-refractivity contribution in [1.29, 1.82) is 0 Å². The second-order valence-electron chi connectivity index (χ2n) is 6.68. The number of likely N-dealkylation sites (tertiary alicyclic amines) is 1. The van der Waals surface area contributed by atoms with Crippen molar-refractivity contribution in [2.24, 2.45) is 5.92 Å². The van der Waals surface area contributed by atoms with Crippen molar-refractivity contribution in [3.8, 4) is 0 Å². The summed E-state index contributed by atoms with van der Waals surface area (Å²) in [4.78, 5) is 14.6. The lowest BCUT2D eigenvalue weighted by Gasteiger charge is -2.40. The third kappa shape index (κ3) is 2.34. The van der Waals surface area contributed by atoms with Crippen LogP contribution in [0.25, 0.3) is 0 Å². The molecule has 0 N–H and O–H groups in total. The molecule has 3 heterocycles. The molecule has 0 aromatic heterocycles. The van der Waals surface area contributed by atoms with Crippen molar-refractivity contribution in [3.05, 3.63) is 35.4 Å². The Morgan fingerprint density at radius 2 is 2.05 bits per heavy atom. The van der Waals surface area contributed by atoms with E-state index in [-0.39, 0.29) is 17.4 Å². The predicted octanol–water partition coefficient (Wildman–Crippen LogP) is 2.46. The zero-order valence-electron chi connectivity index (χ0n) is 12.9. The first-order valence-electron chi connectivity index (χ1n) is 8.37. The van der Waals surface area contributed by atoms with E-state index in [1.807, 2.05) is 4.90 Å². The van der Waals surface area contributed by atoms with Crippen LogP contribution in [0.2, 0.25) is 0 Å². The summed E-state index contributed by atoms with van der Waals surface area (Å²) in [6.45, 7) is 3.70. The molecule has 4 heteroatoms. The first kappa shape index (κ1) is 14.2. The third-order valence-corrected chi connectivity index (χ3v) is 5.40. The fourth-order valence-corrected chi connectivity index (χ4v) is 4.08. The number of ether oxygens (including phenoxy) is 2. The molecule has 1 aromatic rings. The highest BCUT2D eigenvalue weighted by Crippen LogP contribution is 2.44. The molecule has 0 saturated carbocycles. The Labute approximate surface area is 131 Å². The highest BCUT2D eigenvalue weighted by Gasteiger charge is 2.43. The van der Waals surface area contributed by atoms with Crippen LogP contribution in [0.1, 0.15) is 36.8 Å². The van der Waals surface area contributed by atoms with Crippen LogP contribution in [0.5, 0.6) is 0 Å². The Morgan fingerprint density at radius 3 is 2.82 bits per heavy atom. The molecule has 1 unspecified atom stereocenters. The summed E-state index contributed by atoms with van der Waals surface area (Å²) in [7, 11) is 0. The molecule has 3 aliphatic heterocycles. The van der Waals surface area contributed by atoms with Crippen LogP contribution in [0.3, 0.4) is 0 Å². The van der Waals surface area contributed by atoms with Gasteiger partial charge in [0.2, 0.25) is 5.91 Å². The minimum atomic E-state index is -0.156. The van der Waals surface area contributed by atoms with E-state index < -0.39 is 0 Å². The second kappa shape index (κ2) is 5.67. The van der Waals surface area contributed by atoms with Crippen molar-refractivity contribution in [2.45, 2.75) is 37.9 Å². The van der Waals surface area contributed by atoms with Gasteiger partial charge in [0.05, 0.1) is 24.7 Å². The number of hydrogen-bond donors (Lipinski definition) is 0. The maximum absolute atomic E-state index is 12.6. The van der Waals surface area contributed by atoms with E-state index >= 15 is 0 Å². The molecule has 0 bridgehead atoms. The van der Waals surface area contributed by atoms with Crippen LogP contribution in [-0.2, 0) is 26.5 Å². The van der Waals surface area contributed by atoms with E-state index in [1.54, 1.807) is 0 Å². The number of carbonyl (C=O) groups excluding carboxylic acids is 1. The van der Waals surface area contributed by atoms with E-state index in [9.17, 15) is 4.79 Å². The standard InChI is InChI=1S/C18H23NO3/c20-17(15-5-3-11-21-12-15)19-9-7-18(8-10-19)16-6-2-1-4-14(16)13-22-18/h1-2,4,6,15H,3,5,7-13H2. The lowest BCUT2D eigenvalue weighted by atomic mass is 9.83. The van der Waals surface area contributed by atoms with Crippen molar-refractivity contribution < 1.29 is 14.3 Å². The molecule has 1 atom stereocenters. The monoisotopic (exact) mass is 301 g/mol. The molecule has 22 heavy (non-hydrogen) atoms. The van der Waals surface area contributed by atoms with Gasteiger partial charge in [-0.2, -0.15) is 0 Å². The molecule has 4 rings (SSSR count). The molecule has 1 amide bonds. The molecule has 4 nitrogen and oxygen atoms in total. The number of hydrogen-bond acceptors (Lipinski definition) is 3. The van der Waals surface area contributed by atoms with Gasteiger partial charge in [0.25, 0.3) is 0 Å². The van der Waals surface area contributed by atoms with E-state index in [2.05, 4.69) is 24.3 Å². The van der Waals surface area contributed by atoms with Gasteiger partial charge in [-0.25, -0.2) is 0 Å². The minimum absolute atomic E-state index is 0.0691. The highest BCUT2D eigenvalue weighted by molar-refractivity contribution is 5.79. The topological polar surface area (TPSA) is 38.8 Å². The molecular formula is C18H23NO3. The zero-order valence-corrected chi connectivity index (χ0v) is 12.9. The Hall–Kier alpha value is -1.39. The average molecular weight is 301 g/mol. The summed E-state index contributed by atoms with van der Waals surface area (Å²) >= 11 is 0. The molecule has 1 spiro atoms. The zero-order chi connectivity index (χ0) is 15.0. The third-order valence-electron chi connectivity index (χ3n) is 5.40. The number of nitrogens with zero attached hydrogens (tertiary/aromatic N) is 1. The van der Waals surface area contributed by atoms with Gasteiger partial charge in [-0.15, -0.1) is 0 Å². The fourth-order valence-electron chi connectivity index (χ4n) is 4.08. The molecule has 2 saturated heterocycles. The molecule has 118 valence electrons. The van der Waals surface area contributed by atoms with Crippen LogP contribution in [0.15, 0.2) is 24.3 Å². The number of rotatable bonds is 1. The van der Waals surface area contributed by atoms with E-state index in [0.717, 1.165) is 45.4 Å². The van der Waals surface area contributed by atoms with Crippen LogP contribution in [-0.4, -0.2) is 37.1 Å². The van der Waals surface area contributed by atoms with Crippen LogP contribution in [0, 0.1) is 5.92 Å². The fraction of sp³-hybridized carbons (Fsp3) is 0.611. The Kier molecular flexibility index (Phi) is 3.66. The summed E-state index contributed by atoms with van der Waals surface area (Å²) < 4.78 is 11.6. The largest absolute Gasteiger partial charge is 0.381 e. The Balaban J connectivity index is 1.44. The summed E-state index contributed by atoms with van der Waals surface area (Å²) in [5, 5.41) is 0. The van der Waals surface area contributed by atoms with Gasteiger partial charge in [0, 0.05) is 19.7 Å². The van der Waals surface area contributed by atoms with Crippen LogP contribution >= 0.6 is 0 Å². The smallest absolute Gasteiger partial charge is 0.228 e. The molecule has 0 radical (unpaired) electrons. The lowest BCUT2D eigenvalue weighted by molar-refractivity contribution is -0.146. The molecular weight excluding hydrogens is 278 g/mol. The summed E-state index contributed by atoms with van der Waals surface area (Å²) in [6.07, 6.45) is 3.79. The number of amides is 1. The number of carbonyl (C=O) groups is 1. The molecule has 0 aliphatic carbocycles. The normalized spacial score (nSPS) is 26.9. The SMILES string of the molecule is O=C(C1CCCOC1)N1CCC2(CC1)OCc1ccccc12. The molecule has 1 aromatic carbocycles. The number of piperidine rings is 1. The van der Waals surface area contributed by atoms with Crippen LogP contribution in [0.4, 0.5) is 0 Å². The quantitative estimate of drug-likeness (QED) is 0.800. The van der Waals surface area contributed by atoms with Gasteiger partial charge in [0.1, 0.15) is 0 Å². The van der Waals surface area contributed by atoms with E-state index in [1.165, 1.54) is 11.1 Å². The average Bonchev–Trinajstić information content (AvgIpc) is 2.95. The van der Waals surface area contributed by atoms with Crippen molar-refractivity contribution >= 4 is 5.91 Å². The van der Waals surface area contributed by atoms with Crippen molar-refractivity contribution in [3.63, 3.8) is 0 Å². The molecule has 3 aliphatic rings. The Bertz CT molecular complexity index is 557. The summed E-state index contributed by atoms with van der Waals surface area (Å²) in [5.74, 6) is 0.348. The lowest BCUT2D eigenvalue weighted by Crippen LogP contribution is -2.48. The highest BCUT2D eigenvalue weighted by atomic mass is 16.5. The summed E-state index contributed by atoms with van der Waals surface area (Å²) in [6, 6.07) is 8.50. The van der Waals surface area contributed by atoms with Gasteiger partial charge < -0.3 is 14.4 Å². The van der Waals surface area contributed by atoms with E-state index in [4.69, 9.17) is 9.47 Å². The Morgan fingerprint density at radius 1 is 1.23 bits per heavy atom. The first-order valence-corrected chi connectivity index (χ1v) is 8.37. The van der Waals surface area contributed by atoms with Gasteiger partial charge in [0.15, 0.2) is 0 Å². The van der Waals surface area contributed by atoms with E-state index in [0.29, 0.717) is 13.2 Å².